The van der Waals surface area contributed by atoms with Gasteiger partial charge in [0.05, 0.1) is 0 Å². The van der Waals surface area contributed by atoms with Crippen LogP contribution in [0.15, 0.2) is 6.07 Å². The van der Waals surface area contributed by atoms with Crippen molar-refractivity contribution < 1.29 is 4.79 Å². The van der Waals surface area contributed by atoms with Crippen LogP contribution in [0.25, 0.3) is 0 Å². The number of aromatic nitrogens is 1. The van der Waals surface area contributed by atoms with E-state index in [-0.39, 0.29) is 0 Å². The largest absolute Gasteiger partial charge is 0.362 e. The lowest BCUT2D eigenvalue weighted by molar-refractivity contribution is 0.0972. The van der Waals surface area contributed by atoms with Crippen molar-refractivity contribution in [3.05, 3.63) is 23.0 Å². The van der Waals surface area contributed by atoms with Crippen LogP contribution in [-0.2, 0) is 6.42 Å². The van der Waals surface area contributed by atoms with E-state index in [0.717, 1.165) is 36.2 Å². The Morgan fingerprint density at radius 2 is 1.73 bits per heavy atom. The number of carbonyl (C=O) groups is 1. The Bertz CT molecular complexity index is 299. The molecule has 2 rings (SSSR count). The SMILES string of the molecule is CC.CC.Cc1cc2c([nH]1)CCCC2=O. The Hall–Kier alpha value is -1.05. The van der Waals surface area contributed by atoms with Gasteiger partial charge in [0.15, 0.2) is 5.78 Å². The van der Waals surface area contributed by atoms with E-state index >= 15 is 0 Å². The summed E-state index contributed by atoms with van der Waals surface area (Å²) in [7, 11) is 0. The van der Waals surface area contributed by atoms with Gasteiger partial charge >= 0.3 is 0 Å². The predicted octanol–water partition coefficient (Wildman–Crippen LogP) is 3.89. The number of H-pyrrole nitrogens is 1. The molecule has 0 aromatic carbocycles. The molecule has 1 aliphatic rings. The van der Waals surface area contributed by atoms with Crippen LogP contribution in [0.5, 0.6) is 0 Å². The van der Waals surface area contributed by atoms with Crippen LogP contribution in [0.2, 0.25) is 0 Å². The summed E-state index contributed by atoms with van der Waals surface area (Å²) in [6.07, 6.45) is 2.77. The molecule has 0 unspecified atom stereocenters. The molecule has 0 saturated carbocycles. The maximum atomic E-state index is 11.3. The highest BCUT2D eigenvalue weighted by atomic mass is 16.1. The second-order valence-corrected chi connectivity index (χ2v) is 3.12. The number of nitrogens with one attached hydrogen (secondary N) is 1. The lowest BCUT2D eigenvalue weighted by Crippen LogP contribution is -2.08. The van der Waals surface area contributed by atoms with E-state index in [2.05, 4.69) is 4.98 Å². The third-order valence-electron chi connectivity index (χ3n) is 2.17. The number of Topliss-reactive ketones (excluding diaryl/α,β-unsaturated/α-hetero) is 1. The van der Waals surface area contributed by atoms with Crippen LogP contribution in [0.4, 0.5) is 0 Å². The first-order valence-corrected chi connectivity index (χ1v) is 5.99. The number of aryl methyl sites for hydroxylation is 2. The lowest BCUT2D eigenvalue weighted by Gasteiger charge is -2.08. The van der Waals surface area contributed by atoms with Gasteiger partial charge in [-0.05, 0) is 25.8 Å². The molecule has 1 aliphatic carbocycles. The summed E-state index contributed by atoms with van der Waals surface area (Å²) in [4.78, 5) is 14.5. The molecule has 0 bridgehead atoms. The smallest absolute Gasteiger partial charge is 0.164 e. The third kappa shape index (κ3) is 3.54. The number of rotatable bonds is 0. The second kappa shape index (κ2) is 7.27. The fourth-order valence-corrected chi connectivity index (χ4v) is 1.65. The minimum atomic E-state index is 0.301. The normalized spacial score (nSPS) is 13.0. The van der Waals surface area contributed by atoms with Gasteiger partial charge in [0.1, 0.15) is 0 Å². The van der Waals surface area contributed by atoms with Crippen molar-refractivity contribution in [2.75, 3.05) is 0 Å². The summed E-state index contributed by atoms with van der Waals surface area (Å²) in [5.41, 5.74) is 3.16. The van der Waals surface area contributed by atoms with Crippen LogP contribution in [0, 0.1) is 6.92 Å². The van der Waals surface area contributed by atoms with Gasteiger partial charge in [0.25, 0.3) is 0 Å². The Morgan fingerprint density at radius 1 is 1.13 bits per heavy atom. The molecule has 0 atom stereocenters. The number of fused-ring (bicyclic) bond motifs is 1. The molecule has 0 aliphatic heterocycles. The molecule has 86 valence electrons. The van der Waals surface area contributed by atoms with Crippen molar-refractivity contribution in [2.24, 2.45) is 0 Å². The van der Waals surface area contributed by atoms with Gasteiger partial charge < -0.3 is 4.98 Å². The topological polar surface area (TPSA) is 32.9 Å². The molecule has 0 radical (unpaired) electrons. The minimum absolute atomic E-state index is 0.301. The van der Waals surface area contributed by atoms with Crippen molar-refractivity contribution in [1.82, 2.24) is 4.98 Å². The molecular weight excluding hydrogens is 186 g/mol. The Kier molecular flexibility index (Phi) is 6.76. The highest BCUT2D eigenvalue weighted by molar-refractivity contribution is 5.98. The Morgan fingerprint density at radius 3 is 2.27 bits per heavy atom. The van der Waals surface area contributed by atoms with Gasteiger partial charge in [0, 0.05) is 23.4 Å². The van der Waals surface area contributed by atoms with E-state index in [1.807, 2.05) is 40.7 Å². The fraction of sp³-hybridized carbons (Fsp3) is 0.615. The quantitative estimate of drug-likeness (QED) is 0.690. The van der Waals surface area contributed by atoms with E-state index in [1.165, 1.54) is 0 Å². The zero-order chi connectivity index (χ0) is 11.8. The molecular formula is C13H23NO. The summed E-state index contributed by atoms with van der Waals surface area (Å²) in [6.45, 7) is 9.99. The summed E-state index contributed by atoms with van der Waals surface area (Å²) in [6, 6.07) is 1.96. The summed E-state index contributed by atoms with van der Waals surface area (Å²) in [5.74, 6) is 0.301. The zero-order valence-electron chi connectivity index (χ0n) is 10.6. The maximum Gasteiger partial charge on any atom is 0.164 e. The molecule has 2 heteroatoms. The number of hydrogen-bond acceptors (Lipinski definition) is 1. The van der Waals surface area contributed by atoms with Gasteiger partial charge in [0.2, 0.25) is 0 Å². The van der Waals surface area contributed by atoms with Crippen molar-refractivity contribution in [1.29, 1.82) is 0 Å². The standard InChI is InChI=1S/C9H11NO.2C2H6/c1-6-5-7-8(10-6)3-2-4-9(7)11;2*1-2/h5,10H,2-4H2,1H3;2*1-2H3. The molecule has 0 amide bonds. The summed E-state index contributed by atoms with van der Waals surface area (Å²) < 4.78 is 0. The highest BCUT2D eigenvalue weighted by Gasteiger charge is 2.18. The molecule has 1 aromatic heterocycles. The molecule has 1 heterocycles. The number of hydrogen-bond donors (Lipinski definition) is 1. The highest BCUT2D eigenvalue weighted by Crippen LogP contribution is 2.20. The average Bonchev–Trinajstić information content (AvgIpc) is 2.66. The van der Waals surface area contributed by atoms with Crippen LogP contribution in [0.3, 0.4) is 0 Å². The van der Waals surface area contributed by atoms with Crippen molar-refractivity contribution >= 4 is 5.78 Å². The van der Waals surface area contributed by atoms with Gasteiger partial charge in [-0.1, -0.05) is 27.7 Å². The number of carbonyl (C=O) groups excluding carboxylic acids is 1. The van der Waals surface area contributed by atoms with Crippen molar-refractivity contribution in [3.63, 3.8) is 0 Å². The minimum Gasteiger partial charge on any atom is -0.362 e. The lowest BCUT2D eigenvalue weighted by atomic mass is 9.97. The van der Waals surface area contributed by atoms with Crippen LogP contribution >= 0.6 is 0 Å². The van der Waals surface area contributed by atoms with Gasteiger partial charge in [-0.3, -0.25) is 4.79 Å². The Balaban J connectivity index is 0.000000442. The number of ketones is 1. The monoisotopic (exact) mass is 209 g/mol. The molecule has 0 saturated heterocycles. The van der Waals surface area contributed by atoms with E-state index in [4.69, 9.17) is 0 Å². The van der Waals surface area contributed by atoms with Crippen molar-refractivity contribution in [2.45, 2.75) is 53.9 Å². The first kappa shape index (κ1) is 13.9. The van der Waals surface area contributed by atoms with Gasteiger partial charge in [-0.2, -0.15) is 0 Å². The molecule has 1 aromatic rings. The van der Waals surface area contributed by atoms with E-state index in [1.54, 1.807) is 0 Å². The molecule has 15 heavy (non-hydrogen) atoms. The molecule has 0 fully saturated rings. The fourth-order valence-electron chi connectivity index (χ4n) is 1.65. The maximum absolute atomic E-state index is 11.3. The second-order valence-electron chi connectivity index (χ2n) is 3.12. The van der Waals surface area contributed by atoms with Gasteiger partial charge in [-0.15, -0.1) is 0 Å². The molecule has 2 nitrogen and oxygen atoms in total. The van der Waals surface area contributed by atoms with Crippen LogP contribution < -0.4 is 0 Å². The third-order valence-corrected chi connectivity index (χ3v) is 2.17. The summed E-state index contributed by atoms with van der Waals surface area (Å²) >= 11 is 0. The molecule has 0 spiro atoms. The van der Waals surface area contributed by atoms with Crippen LogP contribution in [0.1, 0.15) is 62.3 Å². The van der Waals surface area contributed by atoms with Crippen LogP contribution in [-0.4, -0.2) is 10.8 Å². The van der Waals surface area contributed by atoms with E-state index < -0.39 is 0 Å². The summed E-state index contributed by atoms with van der Waals surface area (Å²) in [5, 5.41) is 0. The Labute approximate surface area is 93.1 Å². The first-order chi connectivity index (χ1) is 7.27. The van der Waals surface area contributed by atoms with Crippen molar-refractivity contribution in [3.8, 4) is 0 Å². The van der Waals surface area contributed by atoms with E-state index in [0.29, 0.717) is 5.78 Å². The van der Waals surface area contributed by atoms with Gasteiger partial charge in [-0.25, -0.2) is 0 Å². The zero-order valence-corrected chi connectivity index (χ0v) is 10.6. The predicted molar refractivity (Wildman–Crippen MR) is 65.5 cm³/mol. The number of aromatic amines is 1. The van der Waals surface area contributed by atoms with E-state index in [9.17, 15) is 4.79 Å². The first-order valence-electron chi connectivity index (χ1n) is 5.99. The molecule has 1 N–H and O–H groups in total. The average molecular weight is 209 g/mol.